The number of carbonyl (C=O) groups excluding carboxylic acids is 1. The topological polar surface area (TPSA) is 41.6 Å². The SMILES string of the molecule is C1CCN2CCCCC2C1.COCCNC=O. The Bertz CT molecular complexity index is 174. The highest BCUT2D eigenvalue weighted by Crippen LogP contribution is 2.25. The van der Waals surface area contributed by atoms with E-state index >= 15 is 0 Å². The maximum absolute atomic E-state index is 9.51. The van der Waals surface area contributed by atoms with Crippen LogP contribution in [0.15, 0.2) is 0 Å². The van der Waals surface area contributed by atoms with E-state index in [1.807, 2.05) is 0 Å². The van der Waals surface area contributed by atoms with E-state index in [9.17, 15) is 4.79 Å². The number of hydrogen-bond donors (Lipinski definition) is 1. The molecule has 17 heavy (non-hydrogen) atoms. The van der Waals surface area contributed by atoms with Gasteiger partial charge in [-0.1, -0.05) is 12.8 Å². The van der Waals surface area contributed by atoms with E-state index in [0.717, 1.165) is 6.04 Å². The lowest BCUT2D eigenvalue weighted by Crippen LogP contribution is -2.42. The van der Waals surface area contributed by atoms with Crippen LogP contribution in [0.25, 0.3) is 0 Å². The lowest BCUT2D eigenvalue weighted by atomic mass is 9.93. The lowest BCUT2D eigenvalue weighted by molar-refractivity contribution is -0.109. The van der Waals surface area contributed by atoms with Crippen molar-refractivity contribution in [3.8, 4) is 0 Å². The minimum atomic E-state index is 0.582. The van der Waals surface area contributed by atoms with Gasteiger partial charge >= 0.3 is 0 Å². The largest absolute Gasteiger partial charge is 0.383 e. The zero-order valence-corrected chi connectivity index (χ0v) is 11.0. The molecule has 0 aromatic rings. The molecule has 100 valence electrons. The van der Waals surface area contributed by atoms with Crippen molar-refractivity contribution in [1.82, 2.24) is 10.2 Å². The first kappa shape index (κ1) is 14.5. The van der Waals surface area contributed by atoms with E-state index in [0.29, 0.717) is 19.6 Å². The van der Waals surface area contributed by atoms with Gasteiger partial charge in [0.25, 0.3) is 0 Å². The van der Waals surface area contributed by atoms with Crippen molar-refractivity contribution < 1.29 is 9.53 Å². The first-order valence-corrected chi connectivity index (χ1v) is 6.78. The minimum Gasteiger partial charge on any atom is -0.383 e. The normalized spacial score (nSPS) is 21.0. The Balaban J connectivity index is 0.000000185. The molecule has 1 N–H and O–H groups in total. The summed E-state index contributed by atoms with van der Waals surface area (Å²) in [6.07, 6.45) is 9.51. The number of carbonyl (C=O) groups is 1. The molecule has 0 aliphatic carbocycles. The molecule has 0 spiro atoms. The standard InChI is InChI=1S/C9H17N.C4H9NO2/c1-3-7-10-8-4-2-6-9(10)5-1;1-7-3-2-5-4-6/h9H,1-8H2;4H,2-3H2,1H3,(H,5,6). The predicted molar refractivity (Wildman–Crippen MR) is 69.0 cm³/mol. The Hall–Kier alpha value is -0.610. The van der Waals surface area contributed by atoms with Crippen molar-refractivity contribution in [3.63, 3.8) is 0 Å². The highest BCUT2D eigenvalue weighted by Gasteiger charge is 2.24. The lowest BCUT2D eigenvalue weighted by Gasteiger charge is -2.39. The summed E-state index contributed by atoms with van der Waals surface area (Å²) in [6, 6.07) is 0.988. The molecule has 0 aromatic carbocycles. The van der Waals surface area contributed by atoms with E-state index < -0.39 is 0 Å². The maximum atomic E-state index is 9.51. The van der Waals surface area contributed by atoms with E-state index in [1.165, 1.54) is 51.6 Å². The molecular formula is C13H26N2O2. The van der Waals surface area contributed by atoms with Crippen LogP contribution in [-0.2, 0) is 9.53 Å². The van der Waals surface area contributed by atoms with Crippen LogP contribution in [0.4, 0.5) is 0 Å². The number of ether oxygens (including phenoxy) is 1. The Kier molecular flexibility index (Phi) is 8.01. The molecule has 0 unspecified atom stereocenters. The third kappa shape index (κ3) is 6.03. The van der Waals surface area contributed by atoms with Crippen molar-refractivity contribution in [1.29, 1.82) is 0 Å². The van der Waals surface area contributed by atoms with Crippen LogP contribution < -0.4 is 5.32 Å². The van der Waals surface area contributed by atoms with Crippen LogP contribution in [-0.4, -0.2) is 50.7 Å². The molecule has 0 radical (unpaired) electrons. The molecule has 4 heteroatoms. The van der Waals surface area contributed by atoms with Gasteiger partial charge in [-0.25, -0.2) is 0 Å². The van der Waals surface area contributed by atoms with Gasteiger partial charge in [0.2, 0.25) is 6.41 Å². The number of methoxy groups -OCH3 is 1. The molecule has 1 amide bonds. The summed E-state index contributed by atoms with van der Waals surface area (Å²) >= 11 is 0. The third-order valence-electron chi connectivity index (χ3n) is 3.52. The summed E-state index contributed by atoms with van der Waals surface area (Å²) in [5.41, 5.74) is 0. The van der Waals surface area contributed by atoms with Gasteiger partial charge in [0.15, 0.2) is 0 Å². The number of nitrogens with one attached hydrogen (secondary N) is 1. The third-order valence-corrected chi connectivity index (χ3v) is 3.52. The van der Waals surface area contributed by atoms with Crippen molar-refractivity contribution in [3.05, 3.63) is 0 Å². The molecular weight excluding hydrogens is 216 g/mol. The van der Waals surface area contributed by atoms with Gasteiger partial charge < -0.3 is 15.0 Å². The minimum absolute atomic E-state index is 0.582. The first-order valence-electron chi connectivity index (χ1n) is 6.78. The van der Waals surface area contributed by atoms with Crippen LogP contribution in [0, 0.1) is 0 Å². The molecule has 4 nitrogen and oxygen atoms in total. The Morgan fingerprint density at radius 3 is 2.35 bits per heavy atom. The Labute approximate surface area is 105 Å². The van der Waals surface area contributed by atoms with Crippen molar-refractivity contribution in [2.24, 2.45) is 0 Å². The summed E-state index contributed by atoms with van der Waals surface area (Å²) in [4.78, 5) is 12.2. The van der Waals surface area contributed by atoms with Crippen molar-refractivity contribution in [2.45, 2.75) is 44.6 Å². The highest BCUT2D eigenvalue weighted by atomic mass is 16.5. The maximum Gasteiger partial charge on any atom is 0.207 e. The zero-order valence-electron chi connectivity index (χ0n) is 11.0. The van der Waals surface area contributed by atoms with Crippen LogP contribution in [0.3, 0.4) is 0 Å². The summed E-state index contributed by atoms with van der Waals surface area (Å²) in [6.45, 7) is 3.97. The predicted octanol–water partition coefficient (Wildman–Crippen LogP) is 1.40. The quantitative estimate of drug-likeness (QED) is 0.598. The number of hydrogen-bond acceptors (Lipinski definition) is 3. The second kappa shape index (κ2) is 9.42. The molecule has 2 fully saturated rings. The van der Waals surface area contributed by atoms with E-state index in [1.54, 1.807) is 7.11 Å². The zero-order chi connectivity index (χ0) is 12.3. The summed E-state index contributed by atoms with van der Waals surface area (Å²) < 4.78 is 4.62. The molecule has 2 aliphatic rings. The van der Waals surface area contributed by atoms with Gasteiger partial charge in [-0.2, -0.15) is 0 Å². The van der Waals surface area contributed by atoms with Gasteiger partial charge in [0.1, 0.15) is 0 Å². The number of piperidine rings is 2. The van der Waals surface area contributed by atoms with Crippen LogP contribution in [0.1, 0.15) is 38.5 Å². The Morgan fingerprint density at radius 2 is 1.88 bits per heavy atom. The fraction of sp³-hybridized carbons (Fsp3) is 0.923. The summed E-state index contributed by atoms with van der Waals surface area (Å²) in [7, 11) is 1.59. The second-order valence-corrected chi connectivity index (χ2v) is 4.75. The molecule has 2 saturated heterocycles. The molecule has 2 aliphatic heterocycles. The number of fused-ring (bicyclic) bond motifs is 1. The van der Waals surface area contributed by atoms with Gasteiger partial charge in [-0.15, -0.1) is 0 Å². The Morgan fingerprint density at radius 1 is 1.24 bits per heavy atom. The van der Waals surface area contributed by atoms with E-state index in [-0.39, 0.29) is 0 Å². The smallest absolute Gasteiger partial charge is 0.207 e. The molecule has 0 atom stereocenters. The molecule has 2 heterocycles. The first-order chi connectivity index (χ1) is 8.38. The van der Waals surface area contributed by atoms with Crippen molar-refractivity contribution >= 4 is 6.41 Å². The van der Waals surface area contributed by atoms with Gasteiger partial charge in [0, 0.05) is 19.7 Å². The van der Waals surface area contributed by atoms with E-state index in [2.05, 4.69) is 15.0 Å². The molecule has 2 rings (SSSR count). The highest BCUT2D eigenvalue weighted by molar-refractivity contribution is 5.45. The second-order valence-electron chi connectivity index (χ2n) is 4.75. The van der Waals surface area contributed by atoms with Gasteiger partial charge in [-0.3, -0.25) is 4.79 Å². The van der Waals surface area contributed by atoms with Crippen LogP contribution >= 0.6 is 0 Å². The number of amides is 1. The van der Waals surface area contributed by atoms with Crippen LogP contribution in [0.5, 0.6) is 0 Å². The molecule has 0 saturated carbocycles. The average molecular weight is 242 g/mol. The van der Waals surface area contributed by atoms with Gasteiger partial charge in [0.05, 0.1) is 6.61 Å². The molecule has 0 bridgehead atoms. The van der Waals surface area contributed by atoms with Crippen LogP contribution in [0.2, 0.25) is 0 Å². The average Bonchev–Trinajstić information content (AvgIpc) is 2.40. The van der Waals surface area contributed by atoms with Gasteiger partial charge in [-0.05, 0) is 38.8 Å². The summed E-state index contributed by atoms with van der Waals surface area (Å²) in [5, 5.41) is 2.44. The summed E-state index contributed by atoms with van der Waals surface area (Å²) in [5.74, 6) is 0. The fourth-order valence-electron chi connectivity index (χ4n) is 2.60. The van der Waals surface area contributed by atoms with E-state index in [4.69, 9.17) is 0 Å². The fourth-order valence-corrected chi connectivity index (χ4v) is 2.60. The van der Waals surface area contributed by atoms with Crippen molar-refractivity contribution in [2.75, 3.05) is 33.4 Å². The monoisotopic (exact) mass is 242 g/mol. The number of rotatable bonds is 4. The molecule has 0 aromatic heterocycles. The number of nitrogens with zero attached hydrogens (tertiary/aromatic N) is 1.